The van der Waals surface area contributed by atoms with E-state index in [4.69, 9.17) is 9.84 Å². The monoisotopic (exact) mass is 409 g/mol. The molecule has 7 heteroatoms. The first-order valence-corrected chi connectivity index (χ1v) is 10.7. The number of nitrogens with one attached hydrogen (secondary N) is 1. The fourth-order valence-corrected chi connectivity index (χ4v) is 5.73. The molecule has 0 aromatic rings. The average Bonchev–Trinajstić information content (AvgIpc) is 3.02. The van der Waals surface area contributed by atoms with Crippen LogP contribution in [-0.4, -0.2) is 41.9 Å². The number of aliphatic carboxylic acids is 1. The van der Waals surface area contributed by atoms with E-state index in [2.05, 4.69) is 19.2 Å². The van der Waals surface area contributed by atoms with Crippen molar-refractivity contribution in [3.8, 4) is 0 Å². The zero-order valence-electron chi connectivity index (χ0n) is 18.0. The number of esters is 1. The number of fused-ring (bicyclic) bond motifs is 1. The van der Waals surface area contributed by atoms with Crippen LogP contribution in [0.5, 0.6) is 0 Å². The Bertz CT molecular complexity index is 647. The number of rotatable bonds is 9. The van der Waals surface area contributed by atoms with E-state index in [-0.39, 0.29) is 41.3 Å². The predicted molar refractivity (Wildman–Crippen MR) is 107 cm³/mol. The predicted octanol–water partition coefficient (Wildman–Crippen LogP) is 2.96. The van der Waals surface area contributed by atoms with E-state index in [1.54, 1.807) is 0 Å². The number of carbonyl (C=O) groups is 4. The Hall–Kier alpha value is -1.92. The Balaban J connectivity index is 1.97. The van der Waals surface area contributed by atoms with E-state index in [9.17, 15) is 19.2 Å². The number of carboxylic acids is 1. The molecule has 0 aromatic heterocycles. The number of Topliss-reactive ketones (excluding diaryl/α,β-unsaturated/α-hetero) is 1. The number of carboxylic acid groups (broad SMARTS) is 1. The van der Waals surface area contributed by atoms with Gasteiger partial charge in [0.2, 0.25) is 5.91 Å². The molecule has 1 amide bonds. The summed E-state index contributed by atoms with van der Waals surface area (Å²) < 4.78 is 4.74. The average molecular weight is 410 g/mol. The third-order valence-corrected chi connectivity index (χ3v) is 7.44. The number of ketones is 1. The van der Waals surface area contributed by atoms with Gasteiger partial charge in [0.15, 0.2) is 0 Å². The van der Waals surface area contributed by atoms with Gasteiger partial charge in [0.05, 0.1) is 7.11 Å². The summed E-state index contributed by atoms with van der Waals surface area (Å²) in [4.78, 5) is 47.1. The Kier molecular flexibility index (Phi) is 7.83. The molecule has 2 aliphatic carbocycles. The van der Waals surface area contributed by atoms with Crippen LogP contribution in [0.3, 0.4) is 0 Å². The number of hydrogen-bond acceptors (Lipinski definition) is 5. The van der Waals surface area contributed by atoms with Gasteiger partial charge in [0.25, 0.3) is 0 Å². The fourth-order valence-electron chi connectivity index (χ4n) is 5.73. The van der Waals surface area contributed by atoms with Gasteiger partial charge in [-0.05, 0) is 62.2 Å². The normalized spacial score (nSPS) is 30.9. The zero-order valence-corrected chi connectivity index (χ0v) is 18.0. The number of methoxy groups -OCH3 is 1. The maximum Gasteiger partial charge on any atom is 0.325 e. The minimum absolute atomic E-state index is 0.0406. The van der Waals surface area contributed by atoms with Crippen molar-refractivity contribution in [2.24, 2.45) is 29.1 Å². The molecule has 7 nitrogen and oxygen atoms in total. The second-order valence-corrected chi connectivity index (χ2v) is 9.13. The van der Waals surface area contributed by atoms with E-state index in [1.165, 1.54) is 14.0 Å². The van der Waals surface area contributed by atoms with Crippen molar-refractivity contribution < 1.29 is 29.0 Å². The van der Waals surface area contributed by atoms with Crippen LogP contribution in [0, 0.1) is 29.1 Å². The minimum Gasteiger partial charge on any atom is -0.480 e. The molecule has 2 rings (SSSR count). The molecule has 0 radical (unpaired) electrons. The van der Waals surface area contributed by atoms with Gasteiger partial charge in [-0.1, -0.05) is 13.8 Å². The lowest BCUT2D eigenvalue weighted by Gasteiger charge is -2.46. The smallest absolute Gasteiger partial charge is 0.325 e. The molecule has 0 spiro atoms. The van der Waals surface area contributed by atoms with Crippen molar-refractivity contribution in [3.05, 3.63) is 0 Å². The van der Waals surface area contributed by atoms with Crippen LogP contribution >= 0.6 is 0 Å². The first-order valence-electron chi connectivity index (χ1n) is 10.7. The quantitative estimate of drug-likeness (QED) is 0.567. The molecular weight excluding hydrogens is 374 g/mol. The summed E-state index contributed by atoms with van der Waals surface area (Å²) in [5.74, 6) is -0.340. The number of ether oxygens (including phenoxy) is 1. The van der Waals surface area contributed by atoms with Crippen molar-refractivity contribution in [2.75, 3.05) is 7.11 Å². The summed E-state index contributed by atoms with van der Waals surface area (Å²) in [5, 5.41) is 11.4. The summed E-state index contributed by atoms with van der Waals surface area (Å²) in [5.41, 5.74) is 0.0406. The van der Waals surface area contributed by atoms with Crippen LogP contribution in [0.1, 0.15) is 72.1 Å². The lowest BCUT2D eigenvalue weighted by atomic mass is 9.58. The third kappa shape index (κ3) is 5.37. The summed E-state index contributed by atoms with van der Waals surface area (Å²) >= 11 is 0. The van der Waals surface area contributed by atoms with E-state index < -0.39 is 12.0 Å². The van der Waals surface area contributed by atoms with Crippen LogP contribution in [-0.2, 0) is 23.9 Å². The first-order chi connectivity index (χ1) is 13.6. The van der Waals surface area contributed by atoms with Gasteiger partial charge in [-0.25, -0.2) is 0 Å². The zero-order chi connectivity index (χ0) is 21.8. The van der Waals surface area contributed by atoms with Gasteiger partial charge >= 0.3 is 11.9 Å². The lowest BCUT2D eigenvalue weighted by Crippen LogP contribution is -2.43. The Labute approximate surface area is 172 Å². The van der Waals surface area contributed by atoms with Gasteiger partial charge < -0.3 is 15.2 Å². The van der Waals surface area contributed by atoms with E-state index in [0.717, 1.165) is 19.3 Å². The second-order valence-electron chi connectivity index (χ2n) is 9.13. The van der Waals surface area contributed by atoms with Gasteiger partial charge in [0, 0.05) is 25.2 Å². The van der Waals surface area contributed by atoms with Crippen molar-refractivity contribution in [2.45, 2.75) is 78.2 Å². The molecule has 0 bridgehead atoms. The van der Waals surface area contributed by atoms with Crippen molar-refractivity contribution >= 4 is 23.6 Å². The highest BCUT2D eigenvalue weighted by Gasteiger charge is 2.54. The SMILES string of the molecule is COC(=O)CC[C@@H]1C(=O)CC[C@]2(C)[C@@H]([C@H](C)CCC(=O)N[C@@H](C)C(=O)O)CC[C@@H]12. The minimum atomic E-state index is -1.04. The summed E-state index contributed by atoms with van der Waals surface area (Å²) in [7, 11) is 1.37. The van der Waals surface area contributed by atoms with Crippen LogP contribution in [0.25, 0.3) is 0 Å². The maximum absolute atomic E-state index is 12.6. The standard InChI is InChI=1S/C22H35NO6/c1-13(5-9-19(25)23-14(2)21(27)28)16-7-8-17-15(6-10-20(26)29-4)18(24)11-12-22(16,17)3/h13-17H,5-12H2,1-4H3,(H,23,25)(H,27,28)/t13-,14+,15+,16-,17+,22-/m1/s1. The second kappa shape index (κ2) is 9.72. The van der Waals surface area contributed by atoms with Crippen LogP contribution in [0.15, 0.2) is 0 Å². The maximum atomic E-state index is 12.6. The first kappa shape index (κ1) is 23.4. The molecule has 2 saturated carbocycles. The summed E-state index contributed by atoms with van der Waals surface area (Å²) in [6.45, 7) is 5.89. The molecular formula is C22H35NO6. The van der Waals surface area contributed by atoms with E-state index in [1.807, 2.05) is 0 Å². The molecule has 2 N–H and O–H groups in total. The summed E-state index contributed by atoms with van der Waals surface area (Å²) in [6.07, 6.45) is 5.26. The topological polar surface area (TPSA) is 110 Å². The number of amides is 1. The van der Waals surface area contributed by atoms with Gasteiger partial charge in [-0.2, -0.15) is 0 Å². The molecule has 0 saturated heterocycles. The molecule has 0 unspecified atom stereocenters. The third-order valence-electron chi connectivity index (χ3n) is 7.44. The van der Waals surface area contributed by atoms with Crippen molar-refractivity contribution in [1.82, 2.24) is 5.32 Å². The number of hydrogen-bond donors (Lipinski definition) is 2. The van der Waals surface area contributed by atoms with Crippen LogP contribution in [0.4, 0.5) is 0 Å². The molecule has 6 atom stereocenters. The molecule has 0 aliphatic heterocycles. The lowest BCUT2D eigenvalue weighted by molar-refractivity contribution is -0.142. The van der Waals surface area contributed by atoms with Crippen LogP contribution in [0.2, 0.25) is 0 Å². The highest BCUT2D eigenvalue weighted by molar-refractivity contribution is 5.83. The van der Waals surface area contributed by atoms with Crippen molar-refractivity contribution in [1.29, 1.82) is 0 Å². The van der Waals surface area contributed by atoms with Gasteiger partial charge in [-0.3, -0.25) is 19.2 Å². The van der Waals surface area contributed by atoms with E-state index >= 15 is 0 Å². The molecule has 2 fully saturated rings. The van der Waals surface area contributed by atoms with Gasteiger partial charge in [0.1, 0.15) is 11.8 Å². The van der Waals surface area contributed by atoms with Gasteiger partial charge in [-0.15, -0.1) is 0 Å². The van der Waals surface area contributed by atoms with E-state index in [0.29, 0.717) is 37.5 Å². The largest absolute Gasteiger partial charge is 0.480 e. The molecule has 0 heterocycles. The fraction of sp³-hybridized carbons (Fsp3) is 0.818. The van der Waals surface area contributed by atoms with Crippen LogP contribution < -0.4 is 5.32 Å². The molecule has 164 valence electrons. The molecule has 2 aliphatic rings. The highest BCUT2D eigenvalue weighted by atomic mass is 16.5. The Morgan fingerprint density at radius 3 is 2.55 bits per heavy atom. The Morgan fingerprint density at radius 2 is 1.93 bits per heavy atom. The highest BCUT2D eigenvalue weighted by Crippen LogP contribution is 2.59. The molecule has 0 aromatic carbocycles. The van der Waals surface area contributed by atoms with Crippen molar-refractivity contribution in [3.63, 3.8) is 0 Å². The molecule has 29 heavy (non-hydrogen) atoms. The number of carbonyl (C=O) groups excluding carboxylic acids is 3. The Morgan fingerprint density at radius 1 is 1.24 bits per heavy atom. The summed E-state index contributed by atoms with van der Waals surface area (Å²) in [6, 6.07) is -0.883.